The molecular weight excluding hydrogens is 274 g/mol. The van der Waals surface area contributed by atoms with Gasteiger partial charge in [-0.15, -0.1) is 0 Å². The number of rotatable bonds is 3. The van der Waals surface area contributed by atoms with E-state index in [4.69, 9.17) is 9.47 Å². The number of esters is 1. The van der Waals surface area contributed by atoms with E-state index in [1.807, 2.05) is 37.3 Å². The first kappa shape index (κ1) is 14.0. The Balaban J connectivity index is 1.81. The van der Waals surface area contributed by atoms with Crippen molar-refractivity contribution in [3.05, 3.63) is 35.9 Å². The standard InChI is InChI=1S/C15H17NO5/c1-9-15-20-11(12(21-15)14(18)19-2)13(17)16(9)8-10-6-4-3-5-7-10/h3-7,9,11-12,15H,8H2,1-2H3/t9-,11-,12+,15+/m0/s1. The fraction of sp³-hybridized carbons (Fsp3) is 0.467. The zero-order chi connectivity index (χ0) is 15.0. The molecule has 6 nitrogen and oxygen atoms in total. The predicted octanol–water partition coefficient (Wildman–Crippen LogP) is 0.700. The lowest BCUT2D eigenvalue weighted by Gasteiger charge is -2.36. The van der Waals surface area contributed by atoms with E-state index < -0.39 is 24.5 Å². The zero-order valence-corrected chi connectivity index (χ0v) is 11.9. The summed E-state index contributed by atoms with van der Waals surface area (Å²) >= 11 is 0. The van der Waals surface area contributed by atoms with Crippen LogP contribution < -0.4 is 0 Å². The van der Waals surface area contributed by atoms with Gasteiger partial charge >= 0.3 is 5.97 Å². The summed E-state index contributed by atoms with van der Waals surface area (Å²) in [5.41, 5.74) is 1.02. The minimum Gasteiger partial charge on any atom is -0.467 e. The molecule has 0 aromatic heterocycles. The van der Waals surface area contributed by atoms with Gasteiger partial charge in [0, 0.05) is 6.54 Å². The smallest absolute Gasteiger partial charge is 0.338 e. The number of amides is 1. The van der Waals surface area contributed by atoms with Gasteiger partial charge in [-0.3, -0.25) is 4.79 Å². The highest BCUT2D eigenvalue weighted by atomic mass is 16.7. The lowest BCUT2D eigenvalue weighted by Crippen LogP contribution is -2.54. The maximum Gasteiger partial charge on any atom is 0.338 e. The Morgan fingerprint density at radius 1 is 1.29 bits per heavy atom. The second-order valence-corrected chi connectivity index (χ2v) is 5.20. The van der Waals surface area contributed by atoms with Crippen molar-refractivity contribution in [1.29, 1.82) is 0 Å². The van der Waals surface area contributed by atoms with Crippen LogP contribution in [0.15, 0.2) is 30.3 Å². The predicted molar refractivity (Wildman–Crippen MR) is 72.0 cm³/mol. The van der Waals surface area contributed by atoms with Crippen molar-refractivity contribution in [2.45, 2.75) is 38.0 Å². The highest BCUT2D eigenvalue weighted by Gasteiger charge is 2.54. The van der Waals surface area contributed by atoms with Crippen molar-refractivity contribution in [1.82, 2.24) is 4.90 Å². The molecule has 2 aliphatic rings. The monoisotopic (exact) mass is 291 g/mol. The number of hydrogen-bond donors (Lipinski definition) is 0. The van der Waals surface area contributed by atoms with Crippen LogP contribution in [0.4, 0.5) is 0 Å². The number of benzene rings is 1. The number of ether oxygens (including phenoxy) is 3. The third kappa shape index (κ3) is 2.41. The number of morpholine rings is 1. The number of methoxy groups -OCH3 is 1. The molecule has 1 amide bonds. The van der Waals surface area contributed by atoms with E-state index in [2.05, 4.69) is 4.74 Å². The van der Waals surface area contributed by atoms with Crippen molar-refractivity contribution >= 4 is 11.9 Å². The lowest BCUT2D eigenvalue weighted by molar-refractivity contribution is -0.175. The summed E-state index contributed by atoms with van der Waals surface area (Å²) in [6, 6.07) is 9.42. The van der Waals surface area contributed by atoms with Crippen LogP contribution in [0.25, 0.3) is 0 Å². The molecule has 1 aromatic carbocycles. The summed E-state index contributed by atoms with van der Waals surface area (Å²) in [5, 5.41) is 0. The molecule has 3 rings (SSSR count). The van der Waals surface area contributed by atoms with Crippen molar-refractivity contribution in [3.63, 3.8) is 0 Å². The SMILES string of the molecule is COC(=O)[C@@H]1O[C@H]2O[C@@H]1C(=O)N(Cc1ccccc1)[C@H]2C. The molecule has 2 aliphatic heterocycles. The van der Waals surface area contributed by atoms with E-state index in [-0.39, 0.29) is 11.9 Å². The molecule has 0 unspecified atom stereocenters. The molecule has 2 bridgehead atoms. The molecule has 0 N–H and O–H groups in total. The average molecular weight is 291 g/mol. The summed E-state index contributed by atoms with van der Waals surface area (Å²) in [5.74, 6) is -0.819. The van der Waals surface area contributed by atoms with Gasteiger partial charge in [-0.05, 0) is 12.5 Å². The van der Waals surface area contributed by atoms with Crippen LogP contribution in [0.1, 0.15) is 12.5 Å². The Morgan fingerprint density at radius 3 is 2.67 bits per heavy atom. The Labute approximate surface area is 122 Å². The van der Waals surface area contributed by atoms with Crippen LogP contribution >= 0.6 is 0 Å². The fourth-order valence-corrected chi connectivity index (χ4v) is 2.69. The molecule has 4 atom stereocenters. The minimum atomic E-state index is -0.976. The van der Waals surface area contributed by atoms with Gasteiger partial charge in [-0.2, -0.15) is 0 Å². The summed E-state index contributed by atoms with van der Waals surface area (Å²) in [4.78, 5) is 25.9. The Bertz CT molecular complexity index is 546. The maximum absolute atomic E-state index is 12.5. The van der Waals surface area contributed by atoms with E-state index >= 15 is 0 Å². The van der Waals surface area contributed by atoms with Gasteiger partial charge in [0.25, 0.3) is 5.91 Å². The van der Waals surface area contributed by atoms with Crippen LogP contribution in [0.5, 0.6) is 0 Å². The van der Waals surface area contributed by atoms with E-state index in [0.717, 1.165) is 5.56 Å². The minimum absolute atomic E-state index is 0.240. The first-order chi connectivity index (χ1) is 10.1. The second kappa shape index (κ2) is 5.46. The molecule has 0 spiro atoms. The van der Waals surface area contributed by atoms with Crippen LogP contribution in [-0.2, 0) is 30.3 Å². The number of carbonyl (C=O) groups excluding carboxylic acids is 2. The highest BCUT2D eigenvalue weighted by molar-refractivity contribution is 5.90. The van der Waals surface area contributed by atoms with Crippen LogP contribution in [-0.4, -0.2) is 48.4 Å². The fourth-order valence-electron chi connectivity index (χ4n) is 2.69. The van der Waals surface area contributed by atoms with Crippen molar-refractivity contribution in [2.75, 3.05) is 7.11 Å². The molecule has 21 heavy (non-hydrogen) atoms. The van der Waals surface area contributed by atoms with Crippen molar-refractivity contribution in [2.24, 2.45) is 0 Å². The number of hydrogen-bond acceptors (Lipinski definition) is 5. The van der Waals surface area contributed by atoms with Crippen molar-refractivity contribution in [3.8, 4) is 0 Å². The lowest BCUT2D eigenvalue weighted by atomic mass is 10.1. The highest BCUT2D eigenvalue weighted by Crippen LogP contribution is 2.32. The van der Waals surface area contributed by atoms with Gasteiger partial charge in [0.15, 0.2) is 18.5 Å². The molecule has 112 valence electrons. The van der Waals surface area contributed by atoms with E-state index in [0.29, 0.717) is 6.54 Å². The molecule has 0 radical (unpaired) electrons. The van der Waals surface area contributed by atoms with Gasteiger partial charge in [-0.1, -0.05) is 30.3 Å². The Morgan fingerprint density at radius 2 is 2.00 bits per heavy atom. The van der Waals surface area contributed by atoms with E-state index in [1.54, 1.807) is 4.90 Å². The van der Waals surface area contributed by atoms with Gasteiger partial charge < -0.3 is 19.1 Å². The third-order valence-electron chi connectivity index (χ3n) is 3.88. The van der Waals surface area contributed by atoms with E-state index in [1.165, 1.54) is 7.11 Å². The topological polar surface area (TPSA) is 65.1 Å². The second-order valence-electron chi connectivity index (χ2n) is 5.20. The van der Waals surface area contributed by atoms with Crippen LogP contribution in [0.2, 0.25) is 0 Å². The molecule has 0 saturated carbocycles. The van der Waals surface area contributed by atoms with Crippen LogP contribution in [0, 0.1) is 0 Å². The average Bonchev–Trinajstić information content (AvgIpc) is 2.92. The third-order valence-corrected chi connectivity index (χ3v) is 3.88. The molecule has 1 aromatic rings. The summed E-state index contributed by atoms with van der Waals surface area (Å²) < 4.78 is 15.7. The molecule has 0 aliphatic carbocycles. The van der Waals surface area contributed by atoms with Gasteiger partial charge in [0.05, 0.1) is 13.2 Å². The van der Waals surface area contributed by atoms with Gasteiger partial charge in [0.2, 0.25) is 0 Å². The van der Waals surface area contributed by atoms with Gasteiger partial charge in [0.1, 0.15) is 0 Å². The molecule has 6 heteroatoms. The first-order valence-electron chi connectivity index (χ1n) is 6.85. The summed E-state index contributed by atoms with van der Waals surface area (Å²) in [7, 11) is 1.27. The molecule has 2 fully saturated rings. The van der Waals surface area contributed by atoms with Gasteiger partial charge in [-0.25, -0.2) is 4.79 Å². The number of carbonyl (C=O) groups is 2. The zero-order valence-electron chi connectivity index (χ0n) is 11.9. The number of fused-ring (bicyclic) bond motifs is 2. The van der Waals surface area contributed by atoms with Crippen LogP contribution in [0.3, 0.4) is 0 Å². The first-order valence-corrected chi connectivity index (χ1v) is 6.85. The Hall–Kier alpha value is -1.92. The normalized spacial score (nSPS) is 31.3. The maximum atomic E-state index is 12.5. The summed E-state index contributed by atoms with van der Waals surface area (Å²) in [6.07, 6.45) is -2.49. The summed E-state index contributed by atoms with van der Waals surface area (Å²) in [6.45, 7) is 2.32. The largest absolute Gasteiger partial charge is 0.467 e. The number of nitrogens with zero attached hydrogens (tertiary/aromatic N) is 1. The van der Waals surface area contributed by atoms with Crippen molar-refractivity contribution < 1.29 is 23.8 Å². The quantitative estimate of drug-likeness (QED) is 0.767. The molecule has 2 heterocycles. The van der Waals surface area contributed by atoms with E-state index in [9.17, 15) is 9.59 Å². The Kier molecular flexibility index (Phi) is 3.65. The molecule has 2 saturated heterocycles. The molecular formula is C15H17NO5.